The number of rotatable bonds is 6. The molecular formula is C18H24N4O2. The van der Waals surface area contributed by atoms with E-state index in [1.165, 1.54) is 0 Å². The summed E-state index contributed by atoms with van der Waals surface area (Å²) in [7, 11) is 1.69. The second-order valence-electron chi connectivity index (χ2n) is 6.37. The van der Waals surface area contributed by atoms with Crippen molar-refractivity contribution in [3.8, 4) is 0 Å². The van der Waals surface area contributed by atoms with E-state index < -0.39 is 0 Å². The fraction of sp³-hybridized carbons (Fsp3) is 0.389. The second-order valence-corrected chi connectivity index (χ2v) is 6.37. The number of carbonyl (C=O) groups excluding carboxylic acids is 1. The summed E-state index contributed by atoms with van der Waals surface area (Å²) in [5, 5.41) is 2.82. The summed E-state index contributed by atoms with van der Waals surface area (Å²) in [6, 6.07) is 7.57. The van der Waals surface area contributed by atoms with Crippen LogP contribution >= 0.6 is 0 Å². The number of aromatic nitrogens is 2. The minimum atomic E-state index is -0.193. The number of carbonyl (C=O) groups is 1. The number of nitrogens with zero attached hydrogens (tertiary/aromatic N) is 3. The van der Waals surface area contributed by atoms with Gasteiger partial charge in [-0.1, -0.05) is 31.5 Å². The molecule has 1 aromatic heterocycles. The van der Waals surface area contributed by atoms with E-state index in [9.17, 15) is 9.59 Å². The largest absolute Gasteiger partial charge is 0.346 e. The molecule has 0 spiro atoms. The molecule has 6 heteroatoms. The van der Waals surface area contributed by atoms with Crippen LogP contribution in [0.2, 0.25) is 0 Å². The highest BCUT2D eigenvalue weighted by Crippen LogP contribution is 2.09. The molecule has 0 fully saturated rings. The van der Waals surface area contributed by atoms with Gasteiger partial charge in [0.25, 0.3) is 5.56 Å². The lowest BCUT2D eigenvalue weighted by molar-refractivity contribution is -0.114. The molecular weight excluding hydrogens is 304 g/mol. The maximum absolute atomic E-state index is 12.5. The molecule has 1 amide bonds. The lowest BCUT2D eigenvalue weighted by Crippen LogP contribution is -2.36. The van der Waals surface area contributed by atoms with Crippen molar-refractivity contribution in [2.75, 3.05) is 23.8 Å². The van der Waals surface area contributed by atoms with Gasteiger partial charge in [0, 0.05) is 31.7 Å². The first-order chi connectivity index (χ1) is 11.4. The van der Waals surface area contributed by atoms with Crippen molar-refractivity contribution in [2.45, 2.75) is 27.3 Å². The van der Waals surface area contributed by atoms with Crippen LogP contribution in [0.25, 0.3) is 0 Å². The summed E-state index contributed by atoms with van der Waals surface area (Å²) in [5.74, 6) is 0.437. The number of hydrogen-bond donors (Lipinski definition) is 1. The predicted octanol–water partition coefficient (Wildman–Crippen LogP) is 2.28. The van der Waals surface area contributed by atoms with E-state index in [2.05, 4.69) is 10.3 Å². The van der Waals surface area contributed by atoms with Crippen LogP contribution < -0.4 is 15.8 Å². The molecule has 2 aromatic rings. The molecule has 0 saturated carbocycles. The van der Waals surface area contributed by atoms with E-state index >= 15 is 0 Å². The Labute approximate surface area is 142 Å². The number of likely N-dealkylation sites (N-methyl/N-ethyl adjacent to an activating group) is 1. The Balaban J connectivity index is 2.06. The predicted molar refractivity (Wildman–Crippen MR) is 96.4 cm³/mol. The first-order valence-corrected chi connectivity index (χ1v) is 8.00. The Kier molecular flexibility index (Phi) is 5.73. The minimum absolute atomic E-state index is 0.0573. The summed E-state index contributed by atoms with van der Waals surface area (Å²) in [5.41, 5.74) is 1.68. The van der Waals surface area contributed by atoms with Crippen LogP contribution in [0.1, 0.15) is 19.4 Å². The zero-order valence-electron chi connectivity index (χ0n) is 14.6. The quantitative estimate of drug-likeness (QED) is 0.883. The van der Waals surface area contributed by atoms with Gasteiger partial charge in [-0.15, -0.1) is 0 Å². The average Bonchev–Trinajstić information content (AvgIpc) is 2.51. The van der Waals surface area contributed by atoms with Gasteiger partial charge in [-0.05, 0) is 25.0 Å². The molecule has 0 aliphatic heterocycles. The molecule has 0 unspecified atom stereocenters. The number of aryl methyl sites for hydroxylation is 1. The SMILES string of the molecule is Cc1ccc(NC(=O)CN(C)c2nccn(CC(C)C)c2=O)cc1. The smallest absolute Gasteiger partial charge is 0.293 e. The Morgan fingerprint density at radius 3 is 2.58 bits per heavy atom. The number of benzene rings is 1. The molecule has 2 rings (SSSR count). The van der Waals surface area contributed by atoms with Crippen molar-refractivity contribution >= 4 is 17.4 Å². The fourth-order valence-electron chi connectivity index (χ4n) is 2.36. The third-order valence-corrected chi connectivity index (χ3v) is 3.54. The second kappa shape index (κ2) is 7.77. The lowest BCUT2D eigenvalue weighted by Gasteiger charge is -2.18. The Hall–Kier alpha value is -2.63. The number of hydrogen-bond acceptors (Lipinski definition) is 4. The zero-order valence-corrected chi connectivity index (χ0v) is 14.6. The van der Waals surface area contributed by atoms with Crippen LogP contribution in [-0.2, 0) is 11.3 Å². The third-order valence-electron chi connectivity index (χ3n) is 3.54. The summed E-state index contributed by atoms with van der Waals surface area (Å²) in [6.45, 7) is 6.76. The van der Waals surface area contributed by atoms with Crippen LogP contribution in [0.5, 0.6) is 0 Å². The monoisotopic (exact) mass is 328 g/mol. The van der Waals surface area contributed by atoms with Crippen LogP contribution in [0.4, 0.5) is 11.5 Å². The van der Waals surface area contributed by atoms with E-state index in [4.69, 9.17) is 0 Å². The Morgan fingerprint density at radius 2 is 1.96 bits per heavy atom. The summed E-state index contributed by atoms with van der Waals surface area (Å²) >= 11 is 0. The van der Waals surface area contributed by atoms with Crippen molar-refractivity contribution < 1.29 is 4.79 Å². The van der Waals surface area contributed by atoms with Gasteiger partial charge in [0.05, 0.1) is 6.54 Å². The van der Waals surface area contributed by atoms with Crippen molar-refractivity contribution in [1.29, 1.82) is 0 Å². The van der Waals surface area contributed by atoms with Gasteiger partial charge in [-0.3, -0.25) is 9.59 Å². The van der Waals surface area contributed by atoms with Gasteiger partial charge in [0.15, 0.2) is 5.82 Å². The fourth-order valence-corrected chi connectivity index (χ4v) is 2.36. The van der Waals surface area contributed by atoms with E-state index in [-0.39, 0.29) is 23.8 Å². The van der Waals surface area contributed by atoms with Crippen LogP contribution in [0.3, 0.4) is 0 Å². The maximum atomic E-state index is 12.5. The van der Waals surface area contributed by atoms with Gasteiger partial charge in [-0.25, -0.2) is 4.98 Å². The van der Waals surface area contributed by atoms with E-state index in [1.54, 1.807) is 28.9 Å². The number of anilines is 2. The van der Waals surface area contributed by atoms with E-state index in [0.717, 1.165) is 11.3 Å². The van der Waals surface area contributed by atoms with Gasteiger partial charge < -0.3 is 14.8 Å². The van der Waals surface area contributed by atoms with Gasteiger partial charge in [0.2, 0.25) is 5.91 Å². The third kappa shape index (κ3) is 4.68. The Bertz CT molecular complexity index is 750. The number of nitrogens with one attached hydrogen (secondary N) is 1. The van der Waals surface area contributed by atoms with Crippen molar-refractivity contribution in [2.24, 2.45) is 5.92 Å². The molecule has 0 aliphatic carbocycles. The van der Waals surface area contributed by atoms with Gasteiger partial charge >= 0.3 is 0 Å². The highest BCUT2D eigenvalue weighted by molar-refractivity contribution is 5.93. The van der Waals surface area contributed by atoms with Crippen LogP contribution in [-0.4, -0.2) is 29.1 Å². The molecule has 6 nitrogen and oxygen atoms in total. The molecule has 1 N–H and O–H groups in total. The zero-order chi connectivity index (χ0) is 17.7. The van der Waals surface area contributed by atoms with Crippen molar-refractivity contribution in [1.82, 2.24) is 9.55 Å². The topological polar surface area (TPSA) is 67.2 Å². The van der Waals surface area contributed by atoms with Gasteiger partial charge in [0.1, 0.15) is 0 Å². The molecule has 0 aliphatic rings. The normalized spacial score (nSPS) is 10.7. The summed E-state index contributed by atoms with van der Waals surface area (Å²) in [4.78, 5) is 30.3. The first-order valence-electron chi connectivity index (χ1n) is 8.00. The molecule has 0 radical (unpaired) electrons. The van der Waals surface area contributed by atoms with Crippen molar-refractivity contribution in [3.05, 3.63) is 52.6 Å². The molecule has 0 saturated heterocycles. The van der Waals surface area contributed by atoms with Gasteiger partial charge in [-0.2, -0.15) is 0 Å². The van der Waals surface area contributed by atoms with Crippen LogP contribution in [0, 0.1) is 12.8 Å². The molecule has 0 bridgehead atoms. The van der Waals surface area contributed by atoms with E-state index in [1.807, 2.05) is 45.0 Å². The van der Waals surface area contributed by atoms with Crippen LogP contribution in [0.15, 0.2) is 41.5 Å². The molecule has 1 aromatic carbocycles. The summed E-state index contributed by atoms with van der Waals surface area (Å²) < 4.78 is 1.63. The first kappa shape index (κ1) is 17.7. The summed E-state index contributed by atoms with van der Waals surface area (Å²) in [6.07, 6.45) is 3.26. The maximum Gasteiger partial charge on any atom is 0.293 e. The standard InChI is InChI=1S/C18H24N4O2/c1-13(2)11-22-10-9-19-17(18(22)24)21(4)12-16(23)20-15-7-5-14(3)6-8-15/h5-10,13H,11-12H2,1-4H3,(H,20,23). The molecule has 24 heavy (non-hydrogen) atoms. The average molecular weight is 328 g/mol. The highest BCUT2D eigenvalue weighted by atomic mass is 16.2. The highest BCUT2D eigenvalue weighted by Gasteiger charge is 2.14. The lowest BCUT2D eigenvalue weighted by atomic mass is 10.2. The minimum Gasteiger partial charge on any atom is -0.346 e. The molecule has 128 valence electrons. The number of amides is 1. The Morgan fingerprint density at radius 1 is 1.29 bits per heavy atom. The van der Waals surface area contributed by atoms with E-state index in [0.29, 0.717) is 12.5 Å². The molecule has 0 atom stereocenters. The molecule has 1 heterocycles. The van der Waals surface area contributed by atoms with Crippen molar-refractivity contribution in [3.63, 3.8) is 0 Å².